The zero-order chi connectivity index (χ0) is 98.0. The summed E-state index contributed by atoms with van der Waals surface area (Å²) >= 11 is 0. The molecular formula is C140H130B2N2. The van der Waals surface area contributed by atoms with Crippen LogP contribution < -0.4 is 42.6 Å². The molecule has 19 aromatic carbocycles. The summed E-state index contributed by atoms with van der Waals surface area (Å²) in [6.45, 7) is 27.6. The molecule has 0 saturated heterocycles. The predicted octanol–water partition coefficient (Wildman–Crippen LogP) is 32.8. The van der Waals surface area contributed by atoms with Crippen LogP contribution in [0.5, 0.6) is 0 Å². The van der Waals surface area contributed by atoms with Crippen molar-refractivity contribution in [1.82, 2.24) is 0 Å². The lowest BCUT2D eigenvalue weighted by molar-refractivity contribution is -0.0282. The minimum absolute atomic E-state index is 0.141. The molecular weight excluding hydrogens is 1730 g/mol. The fourth-order valence-electron chi connectivity index (χ4n) is 30.6. The van der Waals surface area contributed by atoms with E-state index in [4.69, 9.17) is 0 Å². The molecule has 8 aliphatic carbocycles. The van der Waals surface area contributed by atoms with Crippen LogP contribution in [0.1, 0.15) is 166 Å². The minimum Gasteiger partial charge on any atom is -0.310 e. The van der Waals surface area contributed by atoms with E-state index in [1.807, 2.05) is 0 Å². The van der Waals surface area contributed by atoms with Crippen molar-refractivity contribution in [2.24, 2.45) is 23.7 Å². The van der Waals surface area contributed by atoms with Gasteiger partial charge in [0.2, 0.25) is 13.4 Å². The van der Waals surface area contributed by atoms with Gasteiger partial charge in [-0.05, 0) is 355 Å². The first kappa shape index (κ1) is 92.1. The Hall–Kier alpha value is -14.3. The Labute approximate surface area is 855 Å². The molecule has 8 bridgehead atoms. The first-order valence-electron chi connectivity index (χ1n) is 53.3. The van der Waals surface area contributed by atoms with E-state index in [1.165, 1.54) is 299 Å². The summed E-state index contributed by atoms with van der Waals surface area (Å²) in [7, 11) is 0. The quantitative estimate of drug-likeness (QED) is 0.0702. The summed E-state index contributed by atoms with van der Waals surface area (Å²) in [6, 6.07) is 153. The molecule has 8 fully saturated rings. The van der Waals surface area contributed by atoms with E-state index in [-0.39, 0.29) is 35.1 Å². The average Bonchev–Trinajstić information content (AvgIpc) is 0.704. The van der Waals surface area contributed by atoms with Crippen LogP contribution in [0.15, 0.2) is 400 Å². The number of benzene rings is 19. The first-order chi connectivity index (χ1) is 70.0. The van der Waals surface area contributed by atoms with Gasteiger partial charge in [-0.25, -0.2) is 0 Å². The molecule has 8 saturated carbocycles. The molecule has 144 heavy (non-hydrogen) atoms. The van der Waals surface area contributed by atoms with Crippen LogP contribution in [0.3, 0.4) is 0 Å². The van der Waals surface area contributed by atoms with Crippen molar-refractivity contribution in [3.63, 3.8) is 0 Å². The van der Waals surface area contributed by atoms with Crippen LogP contribution >= 0.6 is 0 Å². The third kappa shape index (κ3) is 16.9. The Morgan fingerprint density at radius 3 is 0.750 bits per heavy atom. The van der Waals surface area contributed by atoms with Gasteiger partial charge in [-0.1, -0.05) is 433 Å². The number of nitrogens with zero attached hydrogens (tertiary/aromatic N) is 2. The van der Waals surface area contributed by atoms with E-state index in [1.54, 1.807) is 11.1 Å². The van der Waals surface area contributed by atoms with Gasteiger partial charge >= 0.3 is 0 Å². The SMILES string of the molecule is Cc1cc(C)c(B(c2cccc(-c3cccc(-c4ccc(C56CC7CC(C5)CC(c5ccc(N(c8cccc9ccccc89)c8cccc9ccccc89)cc5)(C7)C6)cc4)c3)c2)c2c(C)cc(C)cc2C)c(C)c1.Cc1cc(C)c(B(c2cccc(-c3cccc(-c4ccc(C56CC7CC(C5)CC(c5ccc(N(c8ccccc8)c8cccc9ccccc89)cc5)(C7)C6)cc4)c3)c2)c2c(C)cc(C)cc2C)c(C)c1. The molecule has 27 rings (SSSR count). The highest BCUT2D eigenvalue weighted by Crippen LogP contribution is 2.68. The molecule has 0 N–H and O–H groups in total. The second-order valence-corrected chi connectivity index (χ2v) is 45.3. The molecule has 2 nitrogen and oxygen atoms in total. The lowest BCUT2D eigenvalue weighted by Gasteiger charge is -2.63. The number of hydrogen-bond donors (Lipinski definition) is 0. The fourth-order valence-corrected chi connectivity index (χ4v) is 30.6. The molecule has 706 valence electrons. The molecule has 4 unspecified atom stereocenters. The zero-order valence-electron chi connectivity index (χ0n) is 85.9. The number of fused-ring (bicyclic) bond motifs is 3. The molecule has 0 aliphatic heterocycles. The van der Waals surface area contributed by atoms with Crippen molar-refractivity contribution in [3.8, 4) is 44.5 Å². The zero-order valence-corrected chi connectivity index (χ0v) is 85.9. The highest BCUT2D eigenvalue weighted by Gasteiger charge is 2.60. The van der Waals surface area contributed by atoms with Crippen LogP contribution in [0.25, 0.3) is 76.8 Å². The van der Waals surface area contributed by atoms with E-state index in [0.717, 1.165) is 23.7 Å². The lowest BCUT2D eigenvalue weighted by atomic mass is 9.34. The topological polar surface area (TPSA) is 6.48 Å². The van der Waals surface area contributed by atoms with Gasteiger partial charge in [0, 0.05) is 33.2 Å². The third-order valence-corrected chi connectivity index (χ3v) is 35.2. The highest BCUT2D eigenvalue weighted by atomic mass is 15.2. The molecule has 0 heterocycles. The maximum absolute atomic E-state index is 2.52. The van der Waals surface area contributed by atoms with E-state index >= 15 is 0 Å². The third-order valence-electron chi connectivity index (χ3n) is 35.2. The minimum atomic E-state index is 0.141. The van der Waals surface area contributed by atoms with E-state index < -0.39 is 0 Å². The van der Waals surface area contributed by atoms with Gasteiger partial charge in [-0.15, -0.1) is 0 Å². The Kier molecular flexibility index (Phi) is 23.8. The number of aryl methyl sites for hydroxylation is 12. The summed E-state index contributed by atoms with van der Waals surface area (Å²) in [6.07, 6.45) is 15.8. The van der Waals surface area contributed by atoms with Crippen molar-refractivity contribution in [3.05, 3.63) is 489 Å². The summed E-state index contributed by atoms with van der Waals surface area (Å²) in [5.74, 6) is 3.09. The van der Waals surface area contributed by atoms with E-state index in [2.05, 4.69) is 493 Å². The van der Waals surface area contributed by atoms with Crippen LogP contribution in [0.4, 0.5) is 34.1 Å². The normalized spacial score (nSPS) is 20.0. The van der Waals surface area contributed by atoms with Gasteiger partial charge in [0.25, 0.3) is 0 Å². The Balaban J connectivity index is 0.000000155. The van der Waals surface area contributed by atoms with Crippen LogP contribution in [0, 0.1) is 107 Å². The first-order valence-corrected chi connectivity index (χ1v) is 53.3. The summed E-state index contributed by atoms with van der Waals surface area (Å²) in [4.78, 5) is 4.95. The Bertz CT molecular complexity index is 7830. The Morgan fingerprint density at radius 1 is 0.201 bits per heavy atom. The molecule has 8 aliphatic rings. The number of anilines is 6. The van der Waals surface area contributed by atoms with Crippen molar-refractivity contribution in [2.45, 2.75) is 182 Å². The van der Waals surface area contributed by atoms with Crippen LogP contribution in [-0.2, 0) is 21.7 Å². The van der Waals surface area contributed by atoms with Gasteiger partial charge in [-0.3, -0.25) is 0 Å². The predicted molar refractivity (Wildman–Crippen MR) is 617 cm³/mol. The van der Waals surface area contributed by atoms with Gasteiger partial charge < -0.3 is 9.80 Å². The number of hydrogen-bond acceptors (Lipinski definition) is 2. The molecule has 0 aromatic heterocycles. The van der Waals surface area contributed by atoms with Crippen LogP contribution in [0.2, 0.25) is 0 Å². The van der Waals surface area contributed by atoms with Gasteiger partial charge in [-0.2, -0.15) is 0 Å². The smallest absolute Gasteiger partial charge is 0.242 e. The molecule has 4 heteroatoms. The average molecular weight is 1860 g/mol. The summed E-state index contributed by atoms with van der Waals surface area (Å²) in [5, 5.41) is 7.56. The fraction of sp³-hybridized carbons (Fsp3) is 0.229. The summed E-state index contributed by atoms with van der Waals surface area (Å²) < 4.78 is 0. The van der Waals surface area contributed by atoms with Gasteiger partial charge in [0.15, 0.2) is 0 Å². The molecule has 0 amide bonds. The maximum atomic E-state index is 2.52. The maximum Gasteiger partial charge on any atom is 0.242 e. The van der Waals surface area contributed by atoms with Crippen molar-refractivity contribution < 1.29 is 0 Å². The van der Waals surface area contributed by atoms with E-state index in [9.17, 15) is 0 Å². The molecule has 19 aromatic rings. The lowest BCUT2D eigenvalue weighted by Crippen LogP contribution is -2.55. The second kappa shape index (κ2) is 37.1. The Morgan fingerprint density at radius 2 is 0.438 bits per heavy atom. The monoisotopic (exact) mass is 1860 g/mol. The molecule has 0 radical (unpaired) electrons. The molecule has 4 atom stereocenters. The van der Waals surface area contributed by atoms with E-state index in [0.29, 0.717) is 0 Å². The number of para-hydroxylation sites is 1. The second-order valence-electron chi connectivity index (χ2n) is 45.3. The molecule has 0 spiro atoms. The van der Waals surface area contributed by atoms with Crippen LogP contribution in [-0.4, -0.2) is 13.4 Å². The van der Waals surface area contributed by atoms with Gasteiger partial charge in [0.1, 0.15) is 0 Å². The van der Waals surface area contributed by atoms with Crippen molar-refractivity contribution in [1.29, 1.82) is 0 Å². The van der Waals surface area contributed by atoms with Crippen molar-refractivity contribution >= 4 is 113 Å². The van der Waals surface area contributed by atoms with Crippen molar-refractivity contribution in [2.75, 3.05) is 9.80 Å². The largest absolute Gasteiger partial charge is 0.310 e. The highest BCUT2D eigenvalue weighted by molar-refractivity contribution is 6.97. The standard InChI is InChI=1S/C72H66BN.C68H64BN/c1-47-35-49(3)69(50(4)36-47)73(70-51(5)37-48(2)38-52(70)6)63-22-12-21-60(41-63)59-20-11-19-58(40-59)55-27-29-61(30-28-55)71-42-53-39-54(43-71)45-72(44-53,46-71)62-31-33-64(34-32-62)74(67-25-13-17-56-15-7-9-23-65(56)67)68-26-14-18-57-16-8-10-24-66(57)68;1-45-33-47(3)65(48(4)34-45)69(66-49(5)35-46(2)36-50(66)6)60-20-13-19-57(39-60)56-18-12-17-55(38-56)53-25-27-58(28-26-53)67-40-51-37-52(41-67)43-68(42-51,44-67)59-29-31-62(32-30-59)70(61-21-8-7-9-22-61)64-24-14-16-54-15-10-11-23-63(54)64/h7-38,40-41,53-54H,39,42-46H2,1-6H3;7-36,38-39,51-52H,37,40-44H2,1-6H3. The van der Waals surface area contributed by atoms with Gasteiger partial charge in [0.05, 0.1) is 17.1 Å². The summed E-state index contributed by atoms with van der Waals surface area (Å²) in [5.41, 5.74) is 49.0. The number of rotatable bonds is 20.